The van der Waals surface area contributed by atoms with Crippen LogP contribution in [0.4, 0.5) is 0 Å². The number of carboxylic acid groups (broad SMARTS) is 1. The summed E-state index contributed by atoms with van der Waals surface area (Å²) in [7, 11) is 0. The zero-order chi connectivity index (χ0) is 26.6. The predicted octanol–water partition coefficient (Wildman–Crippen LogP) is 5.62. The van der Waals surface area contributed by atoms with E-state index >= 15 is 0 Å². The van der Waals surface area contributed by atoms with Crippen molar-refractivity contribution >= 4 is 17.0 Å². The smallest absolute Gasteiger partial charge is 0.320 e. The Balaban J connectivity index is 1.02. The number of piperidine rings is 1. The molecule has 1 N–H and O–H groups in total. The van der Waals surface area contributed by atoms with E-state index in [1.807, 2.05) is 6.07 Å². The van der Waals surface area contributed by atoms with Crippen LogP contribution in [-0.2, 0) is 11.2 Å². The van der Waals surface area contributed by atoms with Crippen molar-refractivity contribution in [3.63, 3.8) is 0 Å². The van der Waals surface area contributed by atoms with Crippen LogP contribution in [-0.4, -0.2) is 70.0 Å². The second-order valence-electron chi connectivity index (χ2n) is 12.3. The first-order chi connectivity index (χ1) is 19.1. The van der Waals surface area contributed by atoms with Gasteiger partial charge in [-0.15, -0.1) is 0 Å². The van der Waals surface area contributed by atoms with Crippen molar-refractivity contribution in [3.05, 3.63) is 59.7 Å². The first kappa shape index (κ1) is 26.5. The molecule has 7 heteroatoms. The first-order valence-corrected chi connectivity index (χ1v) is 15.1. The Kier molecular flexibility index (Phi) is 8.26. The van der Waals surface area contributed by atoms with Gasteiger partial charge < -0.3 is 10.0 Å². The highest BCUT2D eigenvalue weighted by atomic mass is 16.6. The molecule has 2 aromatic carbocycles. The molecule has 0 amide bonds. The van der Waals surface area contributed by atoms with Gasteiger partial charge in [0, 0.05) is 25.6 Å². The summed E-state index contributed by atoms with van der Waals surface area (Å²) in [6.45, 7) is 5.15. The van der Waals surface area contributed by atoms with Gasteiger partial charge in [0.2, 0.25) is 0 Å². The first-order valence-electron chi connectivity index (χ1n) is 15.1. The SMILES string of the molecule is O=C(O)C(CC1CCC1)N1CC(CN2CCC(CCCc3ccc4nonc4c3)CC2)C(c2ccccc2)C1. The van der Waals surface area contributed by atoms with Crippen LogP contribution in [0, 0.1) is 17.8 Å². The number of rotatable bonds is 11. The number of aliphatic carboxylic acids is 1. The minimum absolute atomic E-state index is 0.335. The lowest BCUT2D eigenvalue weighted by Crippen LogP contribution is -2.43. The molecule has 1 saturated carbocycles. The van der Waals surface area contributed by atoms with Crippen LogP contribution >= 0.6 is 0 Å². The maximum Gasteiger partial charge on any atom is 0.320 e. The molecular formula is C32H42N4O3. The van der Waals surface area contributed by atoms with E-state index in [-0.39, 0.29) is 6.04 Å². The molecule has 3 unspecified atom stereocenters. The highest BCUT2D eigenvalue weighted by molar-refractivity contribution is 5.74. The molecule has 3 atom stereocenters. The van der Waals surface area contributed by atoms with Crippen LogP contribution in [0.15, 0.2) is 53.2 Å². The number of aromatic nitrogens is 2. The third-order valence-electron chi connectivity index (χ3n) is 9.80. The van der Waals surface area contributed by atoms with Crippen LogP contribution in [0.25, 0.3) is 11.0 Å². The molecule has 208 valence electrons. The quantitative estimate of drug-likeness (QED) is 0.345. The largest absolute Gasteiger partial charge is 0.480 e. The van der Waals surface area contributed by atoms with Gasteiger partial charge in [0.05, 0.1) is 0 Å². The Labute approximate surface area is 231 Å². The molecule has 2 aliphatic heterocycles. The van der Waals surface area contributed by atoms with E-state index in [0.717, 1.165) is 62.5 Å². The van der Waals surface area contributed by atoms with E-state index in [1.165, 1.54) is 56.1 Å². The van der Waals surface area contributed by atoms with Gasteiger partial charge >= 0.3 is 5.97 Å². The van der Waals surface area contributed by atoms with Crippen molar-refractivity contribution in [1.29, 1.82) is 0 Å². The number of benzene rings is 2. The lowest BCUT2D eigenvalue weighted by Gasteiger charge is -2.35. The molecule has 3 heterocycles. The highest BCUT2D eigenvalue weighted by Crippen LogP contribution is 2.38. The predicted molar refractivity (Wildman–Crippen MR) is 152 cm³/mol. The second-order valence-corrected chi connectivity index (χ2v) is 12.3. The number of hydrogen-bond acceptors (Lipinski definition) is 6. The maximum atomic E-state index is 12.3. The van der Waals surface area contributed by atoms with Gasteiger partial charge in [-0.25, -0.2) is 4.63 Å². The standard InChI is InChI=1S/C32H42N4O3/c37-32(38)31(19-24-7-5-8-24)36-21-27(28(22-36)26-10-2-1-3-11-26)20-35-16-14-23(15-17-35)6-4-9-25-12-13-29-30(18-25)34-39-33-29/h1-3,10-13,18,23-24,27-28,31H,4-9,14-17,19-22H2,(H,37,38). The monoisotopic (exact) mass is 530 g/mol. The summed E-state index contributed by atoms with van der Waals surface area (Å²) < 4.78 is 4.83. The van der Waals surface area contributed by atoms with E-state index < -0.39 is 5.97 Å². The second kappa shape index (κ2) is 12.2. The van der Waals surface area contributed by atoms with Gasteiger partial charge in [-0.3, -0.25) is 9.69 Å². The van der Waals surface area contributed by atoms with Gasteiger partial charge in [0.15, 0.2) is 0 Å². The molecule has 0 radical (unpaired) electrons. The van der Waals surface area contributed by atoms with Crippen molar-refractivity contribution in [2.24, 2.45) is 17.8 Å². The molecule has 3 aromatic rings. The highest BCUT2D eigenvalue weighted by Gasteiger charge is 2.41. The molecule has 3 aliphatic rings. The Bertz CT molecular complexity index is 1220. The Morgan fingerprint density at radius 2 is 1.77 bits per heavy atom. The molecule has 2 saturated heterocycles. The van der Waals surface area contributed by atoms with E-state index in [1.54, 1.807) is 0 Å². The van der Waals surface area contributed by atoms with Gasteiger partial charge in [-0.2, -0.15) is 0 Å². The van der Waals surface area contributed by atoms with Crippen LogP contribution in [0.3, 0.4) is 0 Å². The van der Waals surface area contributed by atoms with Crippen molar-refractivity contribution in [1.82, 2.24) is 20.1 Å². The van der Waals surface area contributed by atoms with E-state index in [9.17, 15) is 9.90 Å². The number of aryl methyl sites for hydroxylation is 1. The van der Waals surface area contributed by atoms with E-state index in [4.69, 9.17) is 4.63 Å². The van der Waals surface area contributed by atoms with Crippen LogP contribution in [0.5, 0.6) is 0 Å². The molecule has 39 heavy (non-hydrogen) atoms. The summed E-state index contributed by atoms with van der Waals surface area (Å²) in [6.07, 6.45) is 10.6. The average molecular weight is 531 g/mol. The molecule has 7 nitrogen and oxygen atoms in total. The minimum atomic E-state index is -0.632. The average Bonchev–Trinajstić information content (AvgIpc) is 3.56. The molecule has 6 rings (SSSR count). The number of carbonyl (C=O) groups is 1. The van der Waals surface area contributed by atoms with Crippen LogP contribution in [0.2, 0.25) is 0 Å². The zero-order valence-electron chi connectivity index (χ0n) is 23.0. The normalized spacial score (nSPS) is 24.2. The summed E-state index contributed by atoms with van der Waals surface area (Å²) >= 11 is 0. The minimum Gasteiger partial charge on any atom is -0.480 e. The van der Waals surface area contributed by atoms with E-state index in [0.29, 0.717) is 17.8 Å². The molecule has 3 fully saturated rings. The Morgan fingerprint density at radius 3 is 2.51 bits per heavy atom. The van der Waals surface area contributed by atoms with Crippen molar-refractivity contribution < 1.29 is 14.5 Å². The molecule has 1 aliphatic carbocycles. The molecule has 0 spiro atoms. The molecule has 1 aromatic heterocycles. The summed E-state index contributed by atoms with van der Waals surface area (Å²) in [5.74, 6) is 1.65. The van der Waals surface area contributed by atoms with Gasteiger partial charge in [-0.05, 0) is 96.5 Å². The lowest BCUT2D eigenvalue weighted by molar-refractivity contribution is -0.144. The molecule has 0 bridgehead atoms. The third kappa shape index (κ3) is 6.36. The van der Waals surface area contributed by atoms with Gasteiger partial charge in [0.25, 0.3) is 0 Å². The lowest BCUT2D eigenvalue weighted by atomic mass is 9.80. The Morgan fingerprint density at radius 1 is 0.974 bits per heavy atom. The topological polar surface area (TPSA) is 82.7 Å². The number of carboxylic acids is 1. The number of fused-ring (bicyclic) bond motifs is 1. The fourth-order valence-electron chi connectivity index (χ4n) is 7.24. The van der Waals surface area contributed by atoms with Crippen molar-refractivity contribution in [3.8, 4) is 0 Å². The fourth-order valence-corrected chi connectivity index (χ4v) is 7.24. The summed E-state index contributed by atoms with van der Waals surface area (Å²) in [4.78, 5) is 17.3. The van der Waals surface area contributed by atoms with Gasteiger partial charge in [0.1, 0.15) is 17.1 Å². The van der Waals surface area contributed by atoms with Gasteiger partial charge in [-0.1, -0.05) is 62.1 Å². The van der Waals surface area contributed by atoms with Crippen molar-refractivity contribution in [2.75, 3.05) is 32.7 Å². The third-order valence-corrected chi connectivity index (χ3v) is 9.80. The summed E-state index contributed by atoms with van der Waals surface area (Å²) in [5.41, 5.74) is 4.35. The van der Waals surface area contributed by atoms with Crippen LogP contribution in [0.1, 0.15) is 68.4 Å². The number of hydrogen-bond donors (Lipinski definition) is 1. The fraction of sp³-hybridized carbons (Fsp3) is 0.594. The Hall–Kier alpha value is -2.77. The van der Waals surface area contributed by atoms with Crippen molar-refractivity contribution in [2.45, 2.75) is 69.7 Å². The summed E-state index contributed by atoms with van der Waals surface area (Å²) in [6, 6.07) is 16.7. The maximum absolute atomic E-state index is 12.3. The summed E-state index contributed by atoms with van der Waals surface area (Å²) in [5, 5.41) is 18.0. The molecular weight excluding hydrogens is 488 g/mol. The van der Waals surface area contributed by atoms with E-state index in [2.05, 4.69) is 62.6 Å². The van der Waals surface area contributed by atoms with Crippen LogP contribution < -0.4 is 0 Å². The zero-order valence-corrected chi connectivity index (χ0v) is 23.0. The number of nitrogens with zero attached hydrogens (tertiary/aromatic N) is 4. The number of likely N-dealkylation sites (tertiary alicyclic amines) is 2.